The Morgan fingerprint density at radius 3 is 2.00 bits per heavy atom. The van der Waals surface area contributed by atoms with Crippen LogP contribution in [0, 0.1) is 11.3 Å². The van der Waals surface area contributed by atoms with E-state index in [0.29, 0.717) is 6.42 Å². The second-order valence-corrected chi connectivity index (χ2v) is 11.4. The van der Waals surface area contributed by atoms with E-state index in [0.717, 1.165) is 4.90 Å². The molecule has 0 unspecified atom stereocenters. The van der Waals surface area contributed by atoms with Crippen LogP contribution in [0.2, 0.25) is 0 Å². The fraction of sp³-hybridized carbons (Fsp3) is 0.783. The molecule has 6 amide bonds. The smallest absolute Gasteiger partial charge is 0.327 e. The predicted molar refractivity (Wildman–Crippen MR) is 133 cm³/mol. The maximum absolute atomic E-state index is 13.0. The van der Waals surface area contributed by atoms with Crippen LogP contribution >= 0.6 is 12.6 Å². The number of urea groups is 1. The van der Waals surface area contributed by atoms with E-state index >= 15 is 0 Å². The Hall–Kier alpha value is -2.30. The van der Waals surface area contributed by atoms with Gasteiger partial charge in [-0.15, -0.1) is 0 Å². The molecule has 0 spiro atoms. The lowest BCUT2D eigenvalue weighted by atomic mass is 9.85. The molecule has 0 aromatic rings. The summed E-state index contributed by atoms with van der Waals surface area (Å²) in [5.41, 5.74) is -1.48. The highest BCUT2D eigenvalue weighted by Gasteiger charge is 2.49. The van der Waals surface area contributed by atoms with Crippen molar-refractivity contribution in [3.63, 3.8) is 0 Å². The summed E-state index contributed by atoms with van der Waals surface area (Å²) in [6.45, 7) is 12.7. The minimum Gasteiger partial charge on any atom is -0.357 e. The minimum absolute atomic E-state index is 0.0385. The monoisotopic (exact) mass is 499 g/mol. The highest BCUT2D eigenvalue weighted by molar-refractivity contribution is 7.81. The molecule has 0 aromatic heterocycles. The van der Waals surface area contributed by atoms with E-state index in [1.54, 1.807) is 20.9 Å². The van der Waals surface area contributed by atoms with Crippen LogP contribution in [0.5, 0.6) is 0 Å². The van der Waals surface area contributed by atoms with Crippen LogP contribution in [-0.2, 0) is 19.2 Å². The molecule has 194 valence electrons. The van der Waals surface area contributed by atoms with E-state index < -0.39 is 46.1 Å². The molecule has 0 aliphatic carbocycles. The molecule has 1 saturated heterocycles. The number of amides is 6. The van der Waals surface area contributed by atoms with Crippen LogP contribution < -0.4 is 16.0 Å². The molecular formula is C23H41N5O5S. The van der Waals surface area contributed by atoms with Crippen LogP contribution in [0.25, 0.3) is 0 Å². The molecule has 10 nitrogen and oxygen atoms in total. The van der Waals surface area contributed by atoms with Gasteiger partial charge in [-0.25, -0.2) is 4.79 Å². The van der Waals surface area contributed by atoms with Gasteiger partial charge in [0, 0.05) is 20.6 Å². The number of carbonyl (C=O) groups excluding carboxylic acids is 5. The Morgan fingerprint density at radius 1 is 1.03 bits per heavy atom. The lowest BCUT2D eigenvalue weighted by Gasteiger charge is -2.32. The van der Waals surface area contributed by atoms with Crippen molar-refractivity contribution < 1.29 is 24.0 Å². The van der Waals surface area contributed by atoms with Crippen molar-refractivity contribution in [2.75, 3.05) is 20.6 Å². The predicted octanol–water partition coefficient (Wildman–Crippen LogP) is 1.16. The molecule has 1 aliphatic rings. The van der Waals surface area contributed by atoms with Crippen LogP contribution in [-0.4, -0.2) is 83.0 Å². The van der Waals surface area contributed by atoms with Crippen LogP contribution in [0.4, 0.5) is 4.79 Å². The van der Waals surface area contributed by atoms with E-state index in [4.69, 9.17) is 0 Å². The normalized spacial score (nSPS) is 18.6. The van der Waals surface area contributed by atoms with Crippen molar-refractivity contribution in [2.24, 2.45) is 11.3 Å². The summed E-state index contributed by atoms with van der Waals surface area (Å²) < 4.78 is 0. The van der Waals surface area contributed by atoms with E-state index in [9.17, 15) is 24.0 Å². The van der Waals surface area contributed by atoms with Gasteiger partial charge in [-0.05, 0) is 38.0 Å². The second-order valence-electron chi connectivity index (χ2n) is 10.8. The van der Waals surface area contributed by atoms with Gasteiger partial charge in [0.05, 0.1) is 5.25 Å². The summed E-state index contributed by atoms with van der Waals surface area (Å²) in [7, 11) is 3.06. The van der Waals surface area contributed by atoms with Gasteiger partial charge in [0.2, 0.25) is 17.7 Å². The van der Waals surface area contributed by atoms with Crippen molar-refractivity contribution >= 4 is 42.3 Å². The maximum atomic E-state index is 13.0. The molecule has 34 heavy (non-hydrogen) atoms. The number of carbonyl (C=O) groups is 5. The fourth-order valence-electron chi connectivity index (χ4n) is 3.59. The number of imide groups is 1. The van der Waals surface area contributed by atoms with Crippen LogP contribution in [0.3, 0.4) is 0 Å². The third kappa shape index (κ3) is 7.10. The van der Waals surface area contributed by atoms with Crippen molar-refractivity contribution in [2.45, 2.75) is 84.2 Å². The Balaban J connectivity index is 2.86. The molecule has 0 aromatic carbocycles. The summed E-state index contributed by atoms with van der Waals surface area (Å²) in [5, 5.41) is 7.21. The first-order valence-electron chi connectivity index (χ1n) is 11.5. The molecule has 1 aliphatic heterocycles. The van der Waals surface area contributed by atoms with Gasteiger partial charge in [0.15, 0.2) is 0 Å². The average molecular weight is 500 g/mol. The summed E-state index contributed by atoms with van der Waals surface area (Å²) in [6.07, 6.45) is 0.500. The zero-order chi connectivity index (χ0) is 26.6. The topological polar surface area (TPSA) is 128 Å². The Bertz CT molecular complexity index is 808. The number of nitrogens with one attached hydrogen (secondary N) is 3. The van der Waals surface area contributed by atoms with E-state index in [1.807, 2.05) is 34.6 Å². The number of nitrogens with zero attached hydrogens (tertiary/aromatic N) is 2. The van der Waals surface area contributed by atoms with Gasteiger partial charge in [-0.2, -0.15) is 12.6 Å². The average Bonchev–Trinajstić information content (AvgIpc) is 2.87. The zero-order valence-electron chi connectivity index (χ0n) is 21.8. The molecular weight excluding hydrogens is 458 g/mol. The molecule has 1 fully saturated rings. The molecule has 1 rings (SSSR count). The Labute approximate surface area is 208 Å². The number of rotatable bonds is 10. The maximum Gasteiger partial charge on any atom is 0.327 e. The zero-order valence-corrected chi connectivity index (χ0v) is 22.7. The largest absolute Gasteiger partial charge is 0.357 e. The molecule has 0 radical (unpaired) electrons. The van der Waals surface area contributed by atoms with E-state index in [2.05, 4.69) is 28.6 Å². The van der Waals surface area contributed by atoms with Crippen LogP contribution in [0.15, 0.2) is 0 Å². The van der Waals surface area contributed by atoms with Gasteiger partial charge in [-0.1, -0.05) is 34.6 Å². The van der Waals surface area contributed by atoms with Gasteiger partial charge in [0.25, 0.3) is 5.91 Å². The molecule has 0 saturated carbocycles. The molecule has 1 heterocycles. The summed E-state index contributed by atoms with van der Waals surface area (Å²) in [4.78, 5) is 65.6. The quantitative estimate of drug-likeness (QED) is 0.265. The lowest BCUT2D eigenvalue weighted by molar-refractivity contribution is -0.134. The summed E-state index contributed by atoms with van der Waals surface area (Å²) >= 11 is 4.35. The Morgan fingerprint density at radius 2 is 1.59 bits per heavy atom. The third-order valence-corrected chi connectivity index (χ3v) is 6.55. The summed E-state index contributed by atoms with van der Waals surface area (Å²) in [6, 6.07) is -2.07. The van der Waals surface area contributed by atoms with Gasteiger partial charge in [0.1, 0.15) is 17.6 Å². The van der Waals surface area contributed by atoms with Crippen molar-refractivity contribution in [3.8, 4) is 0 Å². The summed E-state index contributed by atoms with van der Waals surface area (Å²) in [5.74, 6) is -1.50. The standard InChI is InChI=1S/C23H41N5O5S/c1-13(2)12-14(17(29)26-16(19(31)24-8)22(3,4)5)25-18(30)15(34)10-11-28-20(32)23(6,7)27(9)21(28)33/h13-16,34H,10-12H2,1-9H3,(H,24,31)(H,25,30)(H,26,29)/t14-,15-,16+/m0/s1. The number of likely N-dealkylation sites (N-methyl/N-ethyl adjacent to an activating group) is 2. The minimum atomic E-state index is -0.944. The van der Waals surface area contributed by atoms with E-state index in [-0.39, 0.29) is 30.7 Å². The lowest BCUT2D eigenvalue weighted by Crippen LogP contribution is -2.58. The number of hydrogen-bond donors (Lipinski definition) is 4. The Kier molecular flexibility index (Phi) is 9.98. The van der Waals surface area contributed by atoms with Gasteiger partial charge >= 0.3 is 6.03 Å². The van der Waals surface area contributed by atoms with Crippen molar-refractivity contribution in [1.82, 2.24) is 25.8 Å². The first-order valence-corrected chi connectivity index (χ1v) is 12.1. The first-order chi connectivity index (χ1) is 15.4. The molecule has 3 N–H and O–H groups in total. The highest BCUT2D eigenvalue weighted by atomic mass is 32.1. The van der Waals surface area contributed by atoms with Crippen molar-refractivity contribution in [3.05, 3.63) is 0 Å². The SMILES string of the molecule is CNC(=O)[C@@H](NC(=O)[C@H](CC(C)C)NC(=O)[C@@H](S)CCN1C(=O)N(C)C(C)(C)C1=O)C(C)(C)C. The molecule has 0 bridgehead atoms. The molecule has 11 heteroatoms. The van der Waals surface area contributed by atoms with Gasteiger partial charge in [-0.3, -0.25) is 24.1 Å². The fourth-order valence-corrected chi connectivity index (χ4v) is 3.78. The molecule has 3 atom stereocenters. The second kappa shape index (κ2) is 11.4. The van der Waals surface area contributed by atoms with Crippen molar-refractivity contribution in [1.29, 1.82) is 0 Å². The van der Waals surface area contributed by atoms with E-state index in [1.165, 1.54) is 11.9 Å². The third-order valence-electron chi connectivity index (χ3n) is 6.05. The van der Waals surface area contributed by atoms with Crippen LogP contribution in [0.1, 0.15) is 61.3 Å². The number of hydrogen-bond acceptors (Lipinski definition) is 6. The number of thiol groups is 1. The highest BCUT2D eigenvalue weighted by Crippen LogP contribution is 2.26. The first kappa shape index (κ1) is 29.7. The van der Waals surface area contributed by atoms with Gasteiger partial charge < -0.3 is 20.9 Å².